The van der Waals surface area contributed by atoms with Gasteiger partial charge in [-0.1, -0.05) is 11.6 Å². The van der Waals surface area contributed by atoms with E-state index in [9.17, 15) is 4.79 Å². The Hall–Kier alpha value is -1.37. The first-order valence-electron chi connectivity index (χ1n) is 6.17. The molecule has 6 nitrogen and oxygen atoms in total. The van der Waals surface area contributed by atoms with E-state index >= 15 is 0 Å². The molecule has 0 aromatic carbocycles. The van der Waals surface area contributed by atoms with Crippen molar-refractivity contribution in [2.75, 3.05) is 12.0 Å². The van der Waals surface area contributed by atoms with Gasteiger partial charge < -0.3 is 15.5 Å². The van der Waals surface area contributed by atoms with Crippen molar-refractivity contribution in [3.63, 3.8) is 0 Å². The Balaban J connectivity index is 2.04. The van der Waals surface area contributed by atoms with Crippen LogP contribution in [-0.4, -0.2) is 29.6 Å². The quantitative estimate of drug-likeness (QED) is 0.441. The maximum absolute atomic E-state index is 12.1. The van der Waals surface area contributed by atoms with Gasteiger partial charge in [0.15, 0.2) is 0 Å². The number of hydrogen-bond donors (Lipinski definition) is 3. The van der Waals surface area contributed by atoms with Crippen LogP contribution >= 0.6 is 11.6 Å². The van der Waals surface area contributed by atoms with E-state index in [1.807, 2.05) is 6.92 Å². The summed E-state index contributed by atoms with van der Waals surface area (Å²) in [6.45, 7) is 2.69. The molecule has 0 radical (unpaired) electrons. The molecule has 0 saturated carbocycles. The fourth-order valence-electron chi connectivity index (χ4n) is 2.08. The van der Waals surface area contributed by atoms with Crippen molar-refractivity contribution in [1.29, 1.82) is 0 Å². The molecule has 2 unspecified atom stereocenters. The van der Waals surface area contributed by atoms with Crippen LogP contribution in [-0.2, 0) is 4.74 Å². The van der Waals surface area contributed by atoms with Crippen molar-refractivity contribution < 1.29 is 9.53 Å². The second-order valence-electron chi connectivity index (χ2n) is 4.52. The van der Waals surface area contributed by atoms with E-state index in [-0.39, 0.29) is 23.2 Å². The molecule has 1 aromatic heterocycles. The summed E-state index contributed by atoms with van der Waals surface area (Å²) in [5.74, 6) is 5.40. The van der Waals surface area contributed by atoms with Crippen LogP contribution in [0.5, 0.6) is 0 Å². The molecule has 1 amide bonds. The predicted octanol–water partition coefficient (Wildman–Crippen LogP) is 1.32. The van der Waals surface area contributed by atoms with Crippen molar-refractivity contribution in [3.8, 4) is 0 Å². The number of amides is 1. The predicted molar refractivity (Wildman–Crippen MR) is 73.0 cm³/mol. The second kappa shape index (κ2) is 6.18. The number of aromatic nitrogens is 1. The minimum atomic E-state index is -0.219. The summed E-state index contributed by atoms with van der Waals surface area (Å²) >= 11 is 5.83. The first-order valence-corrected chi connectivity index (χ1v) is 6.54. The second-order valence-corrected chi connectivity index (χ2v) is 4.91. The molecule has 1 aromatic rings. The third-order valence-electron chi connectivity index (χ3n) is 3.09. The number of nitrogens with two attached hydrogens (primary N) is 1. The number of rotatable bonds is 4. The minimum absolute atomic E-state index is 0.0452. The monoisotopic (exact) mass is 284 g/mol. The molecule has 2 heterocycles. The van der Waals surface area contributed by atoms with Gasteiger partial charge in [-0.25, -0.2) is 10.8 Å². The summed E-state index contributed by atoms with van der Waals surface area (Å²) in [6.07, 6.45) is 2.08. The van der Waals surface area contributed by atoms with Crippen LogP contribution in [0.25, 0.3) is 0 Å². The Kier molecular flexibility index (Phi) is 4.57. The highest BCUT2D eigenvalue weighted by Crippen LogP contribution is 2.17. The first-order chi connectivity index (χ1) is 9.10. The van der Waals surface area contributed by atoms with Gasteiger partial charge >= 0.3 is 0 Å². The van der Waals surface area contributed by atoms with Gasteiger partial charge in [-0.3, -0.25) is 4.79 Å². The number of hydrazine groups is 1. The molecular weight excluding hydrogens is 268 g/mol. The number of anilines is 1. The lowest BCUT2D eigenvalue weighted by molar-refractivity contribution is 0.0712. The van der Waals surface area contributed by atoms with Crippen LogP contribution in [0.2, 0.25) is 5.15 Å². The Morgan fingerprint density at radius 1 is 1.63 bits per heavy atom. The number of pyridine rings is 1. The third-order valence-corrected chi connectivity index (χ3v) is 3.28. The largest absolute Gasteiger partial charge is 0.376 e. The van der Waals surface area contributed by atoms with Crippen LogP contribution in [0.1, 0.15) is 30.1 Å². The molecular formula is C12H17ClN4O2. The maximum atomic E-state index is 12.1. The highest BCUT2D eigenvalue weighted by molar-refractivity contribution is 6.29. The minimum Gasteiger partial charge on any atom is -0.376 e. The molecule has 2 atom stereocenters. The summed E-state index contributed by atoms with van der Waals surface area (Å²) in [6, 6.07) is 3.00. The molecule has 2 rings (SSSR count). The molecule has 104 valence electrons. The number of ether oxygens (including phenoxy) is 1. The zero-order valence-electron chi connectivity index (χ0n) is 10.6. The van der Waals surface area contributed by atoms with Crippen molar-refractivity contribution in [3.05, 3.63) is 22.8 Å². The van der Waals surface area contributed by atoms with E-state index in [0.29, 0.717) is 11.4 Å². The van der Waals surface area contributed by atoms with E-state index in [1.165, 1.54) is 6.07 Å². The summed E-state index contributed by atoms with van der Waals surface area (Å²) in [5.41, 5.74) is 2.79. The van der Waals surface area contributed by atoms with Crippen molar-refractivity contribution >= 4 is 23.3 Å². The summed E-state index contributed by atoms with van der Waals surface area (Å²) < 4.78 is 5.53. The average Bonchev–Trinajstić information content (AvgIpc) is 2.91. The Labute approximate surface area is 116 Å². The fourth-order valence-corrected chi connectivity index (χ4v) is 2.29. The topological polar surface area (TPSA) is 89.3 Å². The number of carbonyl (C=O) groups excluding carboxylic acids is 1. The number of halogens is 1. The van der Waals surface area contributed by atoms with Crippen molar-refractivity contribution in [1.82, 2.24) is 10.3 Å². The third kappa shape index (κ3) is 3.56. The Bertz CT molecular complexity index is 463. The molecule has 0 bridgehead atoms. The highest BCUT2D eigenvalue weighted by atomic mass is 35.5. The van der Waals surface area contributed by atoms with Crippen LogP contribution in [0, 0.1) is 0 Å². The molecule has 19 heavy (non-hydrogen) atoms. The maximum Gasteiger partial charge on any atom is 0.251 e. The van der Waals surface area contributed by atoms with Gasteiger partial charge in [-0.15, -0.1) is 0 Å². The van der Waals surface area contributed by atoms with Crippen LogP contribution in [0.4, 0.5) is 5.82 Å². The molecule has 0 aliphatic carbocycles. The molecule has 7 heteroatoms. The van der Waals surface area contributed by atoms with Crippen LogP contribution in [0.15, 0.2) is 12.1 Å². The highest BCUT2D eigenvalue weighted by Gasteiger charge is 2.24. The zero-order valence-corrected chi connectivity index (χ0v) is 11.4. The molecule has 0 spiro atoms. The number of nitrogens with zero attached hydrogens (tertiary/aromatic N) is 1. The van der Waals surface area contributed by atoms with Crippen molar-refractivity contribution in [2.45, 2.75) is 31.9 Å². The lowest BCUT2D eigenvalue weighted by Crippen LogP contribution is -2.40. The first kappa shape index (κ1) is 14.0. The standard InChI is InChI=1S/C12H17ClN4O2/c1-7(9-3-2-4-19-9)15-12(18)8-5-10(13)16-11(6-8)17-14/h5-7,9H,2-4,14H2,1H3,(H,15,18)(H,16,17). The normalized spacial score (nSPS) is 20.1. The van der Waals surface area contributed by atoms with Gasteiger partial charge in [0.2, 0.25) is 0 Å². The number of hydrogen-bond acceptors (Lipinski definition) is 5. The molecule has 1 fully saturated rings. The lowest BCUT2D eigenvalue weighted by Gasteiger charge is -2.20. The summed E-state index contributed by atoms with van der Waals surface area (Å²) in [4.78, 5) is 16.0. The van der Waals surface area contributed by atoms with E-state index in [0.717, 1.165) is 19.4 Å². The van der Waals surface area contributed by atoms with Gasteiger partial charge in [0.05, 0.1) is 12.1 Å². The number of nitrogen functional groups attached to an aromatic ring is 1. The van der Waals surface area contributed by atoms with Crippen LogP contribution in [0.3, 0.4) is 0 Å². The van der Waals surface area contributed by atoms with Gasteiger partial charge in [0.1, 0.15) is 11.0 Å². The average molecular weight is 285 g/mol. The smallest absolute Gasteiger partial charge is 0.251 e. The summed E-state index contributed by atoms with van der Waals surface area (Å²) in [7, 11) is 0. The Morgan fingerprint density at radius 3 is 3.05 bits per heavy atom. The van der Waals surface area contributed by atoms with Gasteiger partial charge in [0.25, 0.3) is 5.91 Å². The Morgan fingerprint density at radius 2 is 2.42 bits per heavy atom. The molecule has 1 saturated heterocycles. The van der Waals surface area contributed by atoms with Gasteiger partial charge in [-0.2, -0.15) is 0 Å². The van der Waals surface area contributed by atoms with Crippen molar-refractivity contribution in [2.24, 2.45) is 5.84 Å². The van der Waals surface area contributed by atoms with E-state index in [4.69, 9.17) is 22.2 Å². The summed E-state index contributed by atoms with van der Waals surface area (Å²) in [5, 5.41) is 3.11. The lowest BCUT2D eigenvalue weighted by atomic mass is 10.1. The number of carbonyl (C=O) groups is 1. The fraction of sp³-hybridized carbons (Fsp3) is 0.500. The van der Waals surface area contributed by atoms with E-state index in [2.05, 4.69) is 15.7 Å². The molecule has 1 aliphatic rings. The van der Waals surface area contributed by atoms with Crippen LogP contribution < -0.4 is 16.6 Å². The molecule has 1 aliphatic heterocycles. The van der Waals surface area contributed by atoms with Gasteiger partial charge in [-0.05, 0) is 31.9 Å². The van der Waals surface area contributed by atoms with E-state index in [1.54, 1.807) is 6.07 Å². The molecule has 4 N–H and O–H groups in total. The zero-order chi connectivity index (χ0) is 13.8. The number of nitrogens with one attached hydrogen (secondary N) is 2. The van der Waals surface area contributed by atoms with E-state index < -0.39 is 0 Å². The van der Waals surface area contributed by atoms with Gasteiger partial charge in [0, 0.05) is 12.2 Å². The SMILES string of the molecule is CC(NC(=O)c1cc(Cl)nc(NN)c1)C1CCCO1.